The molecule has 0 unspecified atom stereocenters. The molecule has 4 heterocycles. The van der Waals surface area contributed by atoms with Gasteiger partial charge in [-0.25, -0.2) is 4.98 Å². The molecule has 0 fully saturated rings. The van der Waals surface area contributed by atoms with Crippen LogP contribution in [0.25, 0.3) is 11.1 Å². The van der Waals surface area contributed by atoms with E-state index in [1.165, 1.54) is 17.3 Å². The Bertz CT molecular complexity index is 1330. The zero-order valence-corrected chi connectivity index (χ0v) is 22.3. The molecule has 2 aliphatic heterocycles. The van der Waals surface area contributed by atoms with Crippen LogP contribution >= 0.6 is 23.1 Å². The van der Waals surface area contributed by atoms with Crippen LogP contribution in [0.1, 0.15) is 27.9 Å². The summed E-state index contributed by atoms with van der Waals surface area (Å²) in [4.78, 5) is 22.3. The molecule has 0 atom stereocenters. The van der Waals surface area contributed by atoms with Gasteiger partial charge in [0.25, 0.3) is 0 Å². The van der Waals surface area contributed by atoms with Crippen LogP contribution in [0.2, 0.25) is 0 Å². The molecule has 0 spiro atoms. The molecule has 186 valence electrons. The lowest BCUT2D eigenvalue weighted by Gasteiger charge is -2.30. The van der Waals surface area contributed by atoms with E-state index in [0.29, 0.717) is 35.2 Å². The van der Waals surface area contributed by atoms with Crippen LogP contribution in [0, 0.1) is 11.3 Å². The molecule has 1 aromatic carbocycles. The Hall–Kier alpha value is -3.06. The number of rotatable bonds is 6. The summed E-state index contributed by atoms with van der Waals surface area (Å²) in [5.41, 5.74) is 7.01. The average Bonchev–Trinajstić information content (AvgIpc) is 3.44. The number of likely N-dealkylation sites (N-methyl/N-ethyl adjacent to an activating group) is 1. The molecule has 0 aliphatic carbocycles. The van der Waals surface area contributed by atoms with Crippen LogP contribution in [0.4, 0.5) is 0 Å². The largest absolute Gasteiger partial charge is 0.493 e. The van der Waals surface area contributed by atoms with E-state index in [9.17, 15) is 10.1 Å². The van der Waals surface area contributed by atoms with Crippen LogP contribution in [0.5, 0.6) is 11.5 Å². The Morgan fingerprint density at radius 2 is 1.94 bits per heavy atom. The summed E-state index contributed by atoms with van der Waals surface area (Å²) in [7, 11) is 5.34. The fourth-order valence-electron chi connectivity index (χ4n) is 4.92. The zero-order valence-electron chi connectivity index (χ0n) is 20.7. The molecule has 0 N–H and O–H groups in total. The highest BCUT2D eigenvalue weighted by Crippen LogP contribution is 2.38. The molecule has 36 heavy (non-hydrogen) atoms. The van der Waals surface area contributed by atoms with Gasteiger partial charge in [-0.3, -0.25) is 4.79 Å². The molecule has 2 aromatic heterocycles. The number of pyridine rings is 1. The highest BCUT2D eigenvalue weighted by molar-refractivity contribution is 8.00. The van der Waals surface area contributed by atoms with Gasteiger partial charge in [-0.1, -0.05) is 11.8 Å². The van der Waals surface area contributed by atoms with Gasteiger partial charge in [-0.15, -0.1) is 0 Å². The maximum absolute atomic E-state index is 13.2. The fraction of sp³-hybridized carbons (Fsp3) is 0.370. The number of aromatic nitrogens is 1. The number of nitrogens with zero attached hydrogens (tertiary/aromatic N) is 4. The van der Waals surface area contributed by atoms with Gasteiger partial charge in [0.05, 0.1) is 25.5 Å². The quantitative estimate of drug-likeness (QED) is 0.447. The first-order chi connectivity index (χ1) is 17.5. The summed E-state index contributed by atoms with van der Waals surface area (Å²) in [6.07, 6.45) is 1.60. The van der Waals surface area contributed by atoms with E-state index in [-0.39, 0.29) is 11.7 Å². The van der Waals surface area contributed by atoms with Crippen molar-refractivity contribution in [2.45, 2.75) is 31.0 Å². The monoisotopic (exact) mass is 520 g/mol. The predicted octanol–water partition coefficient (Wildman–Crippen LogP) is 4.36. The number of carbonyl (C=O) groups excluding carboxylic acids is 1. The Morgan fingerprint density at radius 3 is 2.64 bits per heavy atom. The minimum Gasteiger partial charge on any atom is -0.493 e. The number of ether oxygens (including phenoxy) is 2. The van der Waals surface area contributed by atoms with Crippen molar-refractivity contribution >= 4 is 29.0 Å². The van der Waals surface area contributed by atoms with Crippen LogP contribution in [0.15, 0.2) is 34.0 Å². The van der Waals surface area contributed by atoms with E-state index in [4.69, 9.17) is 14.5 Å². The zero-order chi connectivity index (χ0) is 25.2. The number of benzene rings is 1. The third-order valence-electron chi connectivity index (χ3n) is 6.83. The Morgan fingerprint density at radius 1 is 1.17 bits per heavy atom. The third kappa shape index (κ3) is 4.69. The number of nitriles is 1. The first-order valence-corrected chi connectivity index (χ1v) is 13.8. The number of fused-ring (bicyclic) bond motifs is 2. The molecular weight excluding hydrogens is 492 g/mol. The average molecular weight is 521 g/mol. The van der Waals surface area contributed by atoms with Crippen LogP contribution < -0.4 is 9.47 Å². The molecule has 2 aliphatic rings. The molecule has 7 nitrogen and oxygen atoms in total. The fourth-order valence-corrected chi connectivity index (χ4v) is 6.48. The first-order valence-electron chi connectivity index (χ1n) is 11.8. The van der Waals surface area contributed by atoms with Crippen molar-refractivity contribution in [3.8, 4) is 28.7 Å². The number of thioether (sulfide) groups is 1. The van der Waals surface area contributed by atoms with Gasteiger partial charge < -0.3 is 19.3 Å². The van der Waals surface area contributed by atoms with Crippen molar-refractivity contribution in [2.75, 3.05) is 40.1 Å². The van der Waals surface area contributed by atoms with Gasteiger partial charge in [0.15, 0.2) is 11.5 Å². The summed E-state index contributed by atoms with van der Waals surface area (Å²) >= 11 is 2.99. The lowest BCUT2D eigenvalue weighted by atomic mass is 9.93. The number of hydrogen-bond acceptors (Lipinski definition) is 8. The molecule has 0 bridgehead atoms. The second-order valence-electron chi connectivity index (χ2n) is 9.03. The van der Waals surface area contributed by atoms with Crippen molar-refractivity contribution < 1.29 is 14.3 Å². The standard InChI is InChI=1S/C27H28N4O3S2/c1-30-7-5-22-21(14-30)26(18-6-9-35-15-18)20(12-28)27(29-22)36-16-25(32)31-8-4-17-10-23(33-2)24(34-3)11-19(17)13-31/h6,9-11,15H,4-5,7-8,13-14,16H2,1-3H3. The van der Waals surface area contributed by atoms with E-state index in [2.05, 4.69) is 29.5 Å². The third-order valence-corrected chi connectivity index (χ3v) is 8.48. The number of methoxy groups -OCH3 is 2. The minimum atomic E-state index is 0.0423. The molecule has 1 amide bonds. The lowest BCUT2D eigenvalue weighted by molar-refractivity contribution is -0.129. The smallest absolute Gasteiger partial charge is 0.233 e. The molecule has 0 saturated carbocycles. The van der Waals surface area contributed by atoms with Gasteiger partial charge in [-0.2, -0.15) is 16.6 Å². The van der Waals surface area contributed by atoms with Crippen molar-refractivity contribution in [2.24, 2.45) is 0 Å². The van der Waals surface area contributed by atoms with Gasteiger partial charge in [0.1, 0.15) is 11.1 Å². The summed E-state index contributed by atoms with van der Waals surface area (Å²) in [5.74, 6) is 1.66. The Balaban J connectivity index is 1.38. The van der Waals surface area contributed by atoms with E-state index in [1.54, 1.807) is 25.6 Å². The first kappa shape index (κ1) is 24.6. The summed E-state index contributed by atoms with van der Waals surface area (Å²) < 4.78 is 10.9. The lowest BCUT2D eigenvalue weighted by Crippen LogP contribution is -2.37. The molecule has 3 aromatic rings. The number of hydrogen-bond donors (Lipinski definition) is 0. The summed E-state index contributed by atoms with van der Waals surface area (Å²) in [5, 5.41) is 14.9. The second-order valence-corrected chi connectivity index (χ2v) is 10.8. The molecule has 0 radical (unpaired) electrons. The van der Waals surface area contributed by atoms with Crippen LogP contribution in [-0.4, -0.2) is 60.8 Å². The molecule has 0 saturated heterocycles. The van der Waals surface area contributed by atoms with Crippen molar-refractivity contribution in [3.63, 3.8) is 0 Å². The van der Waals surface area contributed by atoms with Gasteiger partial charge in [0.2, 0.25) is 5.91 Å². The highest BCUT2D eigenvalue weighted by atomic mass is 32.2. The molecule has 9 heteroatoms. The number of amides is 1. The molecule has 5 rings (SSSR count). The SMILES string of the molecule is COc1cc2c(cc1OC)CN(C(=O)CSc1nc3c(c(-c4ccsc4)c1C#N)CN(C)CC3)CC2. The van der Waals surface area contributed by atoms with E-state index in [0.717, 1.165) is 53.9 Å². The summed E-state index contributed by atoms with van der Waals surface area (Å²) in [6, 6.07) is 8.43. The van der Waals surface area contributed by atoms with E-state index in [1.807, 2.05) is 22.4 Å². The maximum Gasteiger partial charge on any atom is 0.233 e. The summed E-state index contributed by atoms with van der Waals surface area (Å²) in [6.45, 7) is 2.88. The topological polar surface area (TPSA) is 78.7 Å². The van der Waals surface area contributed by atoms with Gasteiger partial charge in [0, 0.05) is 43.9 Å². The minimum absolute atomic E-state index is 0.0423. The van der Waals surface area contributed by atoms with Crippen molar-refractivity contribution in [1.29, 1.82) is 5.26 Å². The Labute approximate surface area is 219 Å². The van der Waals surface area contributed by atoms with Crippen LogP contribution in [-0.2, 0) is 30.7 Å². The second kappa shape index (κ2) is 10.5. The number of thiophene rings is 1. The van der Waals surface area contributed by atoms with Crippen molar-refractivity contribution in [1.82, 2.24) is 14.8 Å². The highest BCUT2D eigenvalue weighted by Gasteiger charge is 2.27. The Kier molecular flexibility index (Phi) is 7.19. The van der Waals surface area contributed by atoms with E-state index >= 15 is 0 Å². The van der Waals surface area contributed by atoms with Gasteiger partial charge >= 0.3 is 0 Å². The predicted molar refractivity (Wildman–Crippen MR) is 142 cm³/mol. The molecular formula is C27H28N4O3S2. The maximum atomic E-state index is 13.2. The van der Waals surface area contributed by atoms with Gasteiger partial charge in [-0.05, 0) is 64.7 Å². The van der Waals surface area contributed by atoms with Crippen molar-refractivity contribution in [3.05, 3.63) is 56.9 Å². The van der Waals surface area contributed by atoms with Crippen LogP contribution in [0.3, 0.4) is 0 Å². The normalized spacial score (nSPS) is 15.1. The van der Waals surface area contributed by atoms with E-state index < -0.39 is 0 Å². The number of carbonyl (C=O) groups is 1.